The Bertz CT molecular complexity index is 618. The second-order valence-corrected chi connectivity index (χ2v) is 6.22. The van der Waals surface area contributed by atoms with Gasteiger partial charge in [-0.05, 0) is 36.6 Å². The van der Waals surface area contributed by atoms with Crippen molar-refractivity contribution in [1.82, 2.24) is 5.32 Å². The molecule has 2 nitrogen and oxygen atoms in total. The highest BCUT2D eigenvalue weighted by atomic mass is 15.2. The summed E-state index contributed by atoms with van der Waals surface area (Å²) < 4.78 is 0. The maximum atomic E-state index is 3.54. The van der Waals surface area contributed by atoms with Crippen molar-refractivity contribution in [3.05, 3.63) is 59.7 Å². The van der Waals surface area contributed by atoms with Gasteiger partial charge in [0.1, 0.15) is 0 Å². The van der Waals surface area contributed by atoms with Gasteiger partial charge < -0.3 is 10.2 Å². The van der Waals surface area contributed by atoms with E-state index in [-0.39, 0.29) is 0 Å². The first kappa shape index (κ1) is 14.2. The number of hydrogen-bond donors (Lipinski definition) is 1. The molecule has 0 fully saturated rings. The molecular weight excluding hydrogens is 256 g/mol. The van der Waals surface area contributed by atoms with Gasteiger partial charge in [-0.2, -0.15) is 0 Å². The smallest absolute Gasteiger partial charge is 0.0459 e. The van der Waals surface area contributed by atoms with Gasteiger partial charge in [0.25, 0.3) is 0 Å². The summed E-state index contributed by atoms with van der Waals surface area (Å²) in [7, 11) is 0. The van der Waals surface area contributed by atoms with Crippen molar-refractivity contribution in [1.29, 1.82) is 0 Å². The molecule has 21 heavy (non-hydrogen) atoms. The van der Waals surface area contributed by atoms with E-state index in [1.165, 1.54) is 22.5 Å². The molecule has 3 rings (SSSR count). The largest absolute Gasteiger partial charge is 0.338 e. The number of rotatable bonds is 4. The molecule has 0 saturated carbocycles. The van der Waals surface area contributed by atoms with E-state index in [4.69, 9.17) is 0 Å². The van der Waals surface area contributed by atoms with Crippen molar-refractivity contribution >= 4 is 11.4 Å². The molecule has 2 aromatic carbocycles. The summed E-state index contributed by atoms with van der Waals surface area (Å²) >= 11 is 0. The number of nitrogens with zero attached hydrogens (tertiary/aromatic N) is 1. The Hall–Kier alpha value is -1.80. The van der Waals surface area contributed by atoms with Crippen LogP contribution in [0.4, 0.5) is 11.4 Å². The average molecular weight is 280 g/mol. The van der Waals surface area contributed by atoms with Crippen LogP contribution in [-0.2, 0) is 13.0 Å². The Morgan fingerprint density at radius 2 is 1.71 bits per heavy atom. The zero-order valence-electron chi connectivity index (χ0n) is 13.1. The van der Waals surface area contributed by atoms with Crippen molar-refractivity contribution in [3.63, 3.8) is 0 Å². The Morgan fingerprint density at radius 3 is 2.48 bits per heavy atom. The van der Waals surface area contributed by atoms with Crippen LogP contribution in [0.3, 0.4) is 0 Å². The normalized spacial score (nSPS) is 17.3. The lowest BCUT2D eigenvalue weighted by molar-refractivity contribution is 0.588. The van der Waals surface area contributed by atoms with Crippen molar-refractivity contribution < 1.29 is 0 Å². The molecule has 0 radical (unpaired) electrons. The molecule has 1 N–H and O–H groups in total. The molecule has 0 bridgehead atoms. The van der Waals surface area contributed by atoms with Crippen LogP contribution in [-0.4, -0.2) is 12.1 Å². The molecule has 0 saturated heterocycles. The molecule has 1 heterocycles. The highest BCUT2D eigenvalue weighted by molar-refractivity contribution is 5.73. The predicted molar refractivity (Wildman–Crippen MR) is 90.2 cm³/mol. The van der Waals surface area contributed by atoms with Crippen LogP contribution in [0.25, 0.3) is 0 Å². The lowest BCUT2D eigenvalue weighted by Gasteiger charge is -2.28. The van der Waals surface area contributed by atoms with E-state index in [2.05, 4.69) is 79.5 Å². The second kappa shape index (κ2) is 5.90. The Labute approximate surface area is 127 Å². The minimum absolute atomic E-state index is 0.501. The molecule has 0 aliphatic carbocycles. The number of benzene rings is 2. The van der Waals surface area contributed by atoms with Crippen molar-refractivity contribution in [3.8, 4) is 0 Å². The number of anilines is 2. The molecule has 0 amide bonds. The fourth-order valence-electron chi connectivity index (χ4n) is 3.14. The lowest BCUT2D eigenvalue weighted by Crippen LogP contribution is -2.27. The van der Waals surface area contributed by atoms with Gasteiger partial charge in [0, 0.05) is 30.0 Å². The van der Waals surface area contributed by atoms with Crippen LogP contribution in [0.5, 0.6) is 0 Å². The maximum Gasteiger partial charge on any atom is 0.0459 e. The highest BCUT2D eigenvalue weighted by Crippen LogP contribution is 2.39. The maximum absolute atomic E-state index is 3.54. The first-order valence-electron chi connectivity index (χ1n) is 7.85. The first-order chi connectivity index (χ1) is 10.2. The van der Waals surface area contributed by atoms with Gasteiger partial charge in [-0.25, -0.2) is 0 Å². The molecule has 1 aliphatic heterocycles. The van der Waals surface area contributed by atoms with E-state index in [9.17, 15) is 0 Å². The standard InChI is InChI=1S/C19H24N2/c1-14(2)20-13-17-9-5-7-11-19(17)21-15(3)12-16-8-4-6-10-18(16)21/h4-11,14-15,20H,12-13H2,1-3H3. The van der Waals surface area contributed by atoms with Gasteiger partial charge in [-0.1, -0.05) is 50.2 Å². The number of fused-ring (bicyclic) bond motifs is 1. The minimum Gasteiger partial charge on any atom is -0.338 e. The summed E-state index contributed by atoms with van der Waals surface area (Å²) in [5.74, 6) is 0. The fraction of sp³-hybridized carbons (Fsp3) is 0.368. The molecular formula is C19H24N2. The molecule has 2 aromatic rings. The third kappa shape index (κ3) is 2.81. The molecule has 0 aromatic heterocycles. The van der Waals surface area contributed by atoms with Crippen LogP contribution in [0, 0.1) is 0 Å². The summed E-state index contributed by atoms with van der Waals surface area (Å²) in [5, 5.41) is 3.54. The summed E-state index contributed by atoms with van der Waals surface area (Å²) in [4.78, 5) is 2.49. The minimum atomic E-state index is 0.501. The molecule has 2 heteroatoms. The fourth-order valence-corrected chi connectivity index (χ4v) is 3.14. The molecule has 1 atom stereocenters. The number of nitrogens with one attached hydrogen (secondary N) is 1. The zero-order chi connectivity index (χ0) is 14.8. The van der Waals surface area contributed by atoms with E-state index in [0.29, 0.717) is 12.1 Å². The predicted octanol–water partition coefficient (Wildman–Crippen LogP) is 4.27. The van der Waals surface area contributed by atoms with Crippen LogP contribution >= 0.6 is 0 Å². The second-order valence-electron chi connectivity index (χ2n) is 6.22. The summed E-state index contributed by atoms with van der Waals surface area (Å²) in [6, 6.07) is 18.5. The Morgan fingerprint density at radius 1 is 1.05 bits per heavy atom. The Balaban J connectivity index is 1.97. The Kier molecular flexibility index (Phi) is 3.98. The third-order valence-corrected chi connectivity index (χ3v) is 4.16. The van der Waals surface area contributed by atoms with Crippen LogP contribution in [0.2, 0.25) is 0 Å². The molecule has 1 aliphatic rings. The van der Waals surface area contributed by atoms with Gasteiger partial charge in [-0.3, -0.25) is 0 Å². The first-order valence-corrected chi connectivity index (χ1v) is 7.85. The van der Waals surface area contributed by atoms with E-state index in [1.807, 2.05) is 0 Å². The van der Waals surface area contributed by atoms with E-state index < -0.39 is 0 Å². The molecule has 110 valence electrons. The number of para-hydroxylation sites is 2. The quantitative estimate of drug-likeness (QED) is 0.900. The van der Waals surface area contributed by atoms with Crippen LogP contribution in [0.15, 0.2) is 48.5 Å². The van der Waals surface area contributed by atoms with E-state index in [1.54, 1.807) is 0 Å². The van der Waals surface area contributed by atoms with Crippen molar-refractivity contribution in [2.75, 3.05) is 4.90 Å². The molecule has 0 spiro atoms. The number of hydrogen-bond acceptors (Lipinski definition) is 2. The van der Waals surface area contributed by atoms with Crippen LogP contribution < -0.4 is 10.2 Å². The summed E-state index contributed by atoms with van der Waals surface area (Å²) in [6.07, 6.45) is 1.13. The summed E-state index contributed by atoms with van der Waals surface area (Å²) in [5.41, 5.74) is 5.52. The monoisotopic (exact) mass is 280 g/mol. The lowest BCUT2D eigenvalue weighted by atomic mass is 10.1. The zero-order valence-corrected chi connectivity index (χ0v) is 13.1. The highest BCUT2D eigenvalue weighted by Gasteiger charge is 2.27. The summed E-state index contributed by atoms with van der Waals surface area (Å²) in [6.45, 7) is 7.61. The van der Waals surface area contributed by atoms with Gasteiger partial charge >= 0.3 is 0 Å². The van der Waals surface area contributed by atoms with Gasteiger partial charge in [0.2, 0.25) is 0 Å². The van der Waals surface area contributed by atoms with Crippen molar-refractivity contribution in [2.45, 2.75) is 45.8 Å². The van der Waals surface area contributed by atoms with Crippen molar-refractivity contribution in [2.24, 2.45) is 0 Å². The van der Waals surface area contributed by atoms with Gasteiger partial charge in [0.05, 0.1) is 0 Å². The third-order valence-electron chi connectivity index (χ3n) is 4.16. The van der Waals surface area contributed by atoms with E-state index in [0.717, 1.165) is 13.0 Å². The average Bonchev–Trinajstić information content (AvgIpc) is 2.81. The van der Waals surface area contributed by atoms with Crippen LogP contribution in [0.1, 0.15) is 31.9 Å². The topological polar surface area (TPSA) is 15.3 Å². The molecule has 1 unspecified atom stereocenters. The SMILES string of the molecule is CC(C)NCc1ccccc1N1c2ccccc2CC1C. The van der Waals surface area contributed by atoms with Gasteiger partial charge in [-0.15, -0.1) is 0 Å². The van der Waals surface area contributed by atoms with E-state index >= 15 is 0 Å². The van der Waals surface area contributed by atoms with Gasteiger partial charge in [0.15, 0.2) is 0 Å².